The van der Waals surface area contributed by atoms with E-state index in [4.69, 9.17) is 14.7 Å². The first-order valence-electron chi connectivity index (χ1n) is 9.26. The molecule has 0 amide bonds. The van der Waals surface area contributed by atoms with Crippen molar-refractivity contribution in [2.45, 2.75) is 66.3 Å². The maximum absolute atomic E-state index is 6.81. The van der Waals surface area contributed by atoms with Crippen LogP contribution in [-0.2, 0) is 3.10 Å². The Morgan fingerprint density at radius 1 is 1.04 bits per heavy atom. The Morgan fingerprint density at radius 3 is 2.00 bits per heavy atom. The van der Waals surface area contributed by atoms with Crippen molar-refractivity contribution in [3.63, 3.8) is 0 Å². The molecular formula is C21H33ClOSiTe. The van der Waals surface area contributed by atoms with Gasteiger partial charge in [-0.05, 0) is 0 Å². The van der Waals surface area contributed by atoms with Gasteiger partial charge in [-0.15, -0.1) is 0 Å². The monoisotopic (exact) mass is 494 g/mol. The quantitative estimate of drug-likeness (QED) is 0.320. The number of rotatable bonds is 5. The summed E-state index contributed by atoms with van der Waals surface area (Å²) < 4.78 is 9.79. The molecule has 2 rings (SSSR count). The molecule has 140 valence electrons. The Morgan fingerprint density at radius 2 is 1.56 bits per heavy atom. The summed E-state index contributed by atoms with van der Waals surface area (Å²) in [6, 6.07) is 8.18. The van der Waals surface area contributed by atoms with Gasteiger partial charge >= 0.3 is 166 Å². The normalized spacial score (nSPS) is 23.8. The fourth-order valence-corrected chi connectivity index (χ4v) is 17.2. The Hall–Kier alpha value is 0.0365. The summed E-state index contributed by atoms with van der Waals surface area (Å²) in [5, 5.41) is 0.783. The molecule has 1 aromatic carbocycles. The van der Waals surface area contributed by atoms with Crippen LogP contribution in [0.15, 0.2) is 24.3 Å². The van der Waals surface area contributed by atoms with Gasteiger partial charge < -0.3 is 0 Å². The van der Waals surface area contributed by atoms with Crippen molar-refractivity contribution in [1.29, 1.82) is 0 Å². The molecule has 2 atom stereocenters. The third-order valence-electron chi connectivity index (χ3n) is 4.05. The molecule has 1 nitrogen and oxygen atoms in total. The van der Waals surface area contributed by atoms with Gasteiger partial charge in [-0.3, -0.25) is 0 Å². The second kappa shape index (κ2) is 8.37. The molecule has 0 aliphatic carbocycles. The molecule has 1 heterocycles. The van der Waals surface area contributed by atoms with Gasteiger partial charge in [0.05, 0.1) is 0 Å². The molecule has 0 spiro atoms. The SMILES string of the molecule is CC(C)C[Te]1(CC(C)C)O[C@@H](c2ccc(Cl)cc2)[C@H]1C#C[Si](C)(C)C. The van der Waals surface area contributed by atoms with E-state index < -0.39 is 26.7 Å². The first kappa shape index (κ1) is 21.3. The molecule has 1 fully saturated rings. The van der Waals surface area contributed by atoms with E-state index in [1.807, 2.05) is 12.1 Å². The van der Waals surface area contributed by atoms with E-state index in [9.17, 15) is 0 Å². The number of hydrogen-bond donors (Lipinski definition) is 0. The Bertz CT molecular complexity index is 627. The molecule has 0 bridgehead atoms. The Kier molecular flexibility index (Phi) is 7.14. The molecule has 1 aromatic rings. The zero-order valence-corrected chi connectivity index (χ0v) is 20.8. The van der Waals surface area contributed by atoms with Crippen molar-refractivity contribution in [3.8, 4) is 11.5 Å². The molecular weight excluding hydrogens is 459 g/mol. The third kappa shape index (κ3) is 5.75. The van der Waals surface area contributed by atoms with Crippen LogP contribution in [0.5, 0.6) is 0 Å². The van der Waals surface area contributed by atoms with Gasteiger partial charge in [0.25, 0.3) is 0 Å². The average molecular weight is 493 g/mol. The zero-order chi connectivity index (χ0) is 18.8. The van der Waals surface area contributed by atoms with Crippen molar-refractivity contribution in [3.05, 3.63) is 34.9 Å². The second-order valence-corrected chi connectivity index (χ2v) is 23.0. The van der Waals surface area contributed by atoms with Gasteiger partial charge in [-0.25, -0.2) is 0 Å². The fraction of sp³-hybridized carbons (Fsp3) is 0.619. The number of hydrogen-bond acceptors (Lipinski definition) is 1. The van der Waals surface area contributed by atoms with Gasteiger partial charge in [0.2, 0.25) is 0 Å². The number of benzene rings is 1. The summed E-state index contributed by atoms with van der Waals surface area (Å²) in [5.74, 6) is 5.13. The van der Waals surface area contributed by atoms with Gasteiger partial charge in [0, 0.05) is 0 Å². The molecule has 0 unspecified atom stereocenters. The molecule has 1 aliphatic rings. The van der Waals surface area contributed by atoms with Crippen molar-refractivity contribution in [2.24, 2.45) is 11.8 Å². The predicted molar refractivity (Wildman–Crippen MR) is 115 cm³/mol. The molecule has 4 heteroatoms. The first-order chi connectivity index (χ1) is 11.5. The van der Waals surface area contributed by atoms with E-state index in [2.05, 4.69) is 70.9 Å². The van der Waals surface area contributed by atoms with Crippen LogP contribution in [0, 0.1) is 23.3 Å². The third-order valence-corrected chi connectivity index (χ3v) is 17.6. The van der Waals surface area contributed by atoms with Gasteiger partial charge in [-0.1, -0.05) is 0 Å². The second-order valence-electron chi connectivity index (χ2n) is 9.00. The van der Waals surface area contributed by atoms with Gasteiger partial charge in [0.15, 0.2) is 0 Å². The van der Waals surface area contributed by atoms with Crippen molar-refractivity contribution < 1.29 is 3.10 Å². The van der Waals surface area contributed by atoms with E-state index in [1.165, 1.54) is 14.5 Å². The van der Waals surface area contributed by atoms with Crippen LogP contribution in [-0.4, -0.2) is 26.7 Å². The Balaban J connectivity index is 2.38. The molecule has 0 saturated carbocycles. The van der Waals surface area contributed by atoms with Crippen molar-refractivity contribution in [2.75, 3.05) is 0 Å². The van der Waals surface area contributed by atoms with Crippen LogP contribution in [0.2, 0.25) is 37.6 Å². The maximum atomic E-state index is 6.81. The fourth-order valence-electron chi connectivity index (χ4n) is 3.32. The van der Waals surface area contributed by atoms with Crippen molar-refractivity contribution >= 4 is 38.3 Å². The van der Waals surface area contributed by atoms with Gasteiger partial charge in [0.1, 0.15) is 0 Å². The summed E-state index contributed by atoms with van der Waals surface area (Å²) in [6.45, 7) is 16.3. The van der Waals surface area contributed by atoms with E-state index in [1.54, 1.807) is 0 Å². The standard InChI is InChI=1S/C21H33ClOSiTe/c1-16(2)14-25(15-17(3)4)20(12-13-24(5,6)7)21(23-25)18-8-10-19(22)11-9-18/h8-11,16-17,20-21H,14-15H2,1-7H3/t20-,21+/m1/s1. The number of halogens is 1. The molecule has 25 heavy (non-hydrogen) atoms. The van der Waals surface area contributed by atoms with Crippen molar-refractivity contribution in [1.82, 2.24) is 0 Å². The van der Waals surface area contributed by atoms with E-state index in [0.717, 1.165) is 5.02 Å². The summed E-state index contributed by atoms with van der Waals surface area (Å²) >= 11 is 3.60. The van der Waals surface area contributed by atoms with Crippen LogP contribution >= 0.6 is 11.6 Å². The summed E-state index contributed by atoms with van der Waals surface area (Å²) in [4.78, 5) is 0. The van der Waals surface area contributed by atoms with Crippen LogP contribution in [0.3, 0.4) is 0 Å². The summed E-state index contributed by atoms with van der Waals surface area (Å²) in [5.41, 5.74) is 4.91. The van der Waals surface area contributed by atoms with E-state index >= 15 is 0 Å². The predicted octanol–water partition coefficient (Wildman–Crippen LogP) is 6.92. The molecule has 0 aromatic heterocycles. The van der Waals surface area contributed by atoms with Gasteiger partial charge in [-0.2, -0.15) is 0 Å². The van der Waals surface area contributed by atoms with Crippen LogP contribution in [0.1, 0.15) is 39.4 Å². The topological polar surface area (TPSA) is 9.23 Å². The zero-order valence-electron chi connectivity index (χ0n) is 16.7. The van der Waals surface area contributed by atoms with E-state index in [-0.39, 0.29) is 6.10 Å². The molecule has 1 aliphatic heterocycles. The van der Waals surface area contributed by atoms with Crippen LogP contribution in [0.4, 0.5) is 0 Å². The minimum absolute atomic E-state index is 0.153. The van der Waals surface area contributed by atoms with Crippen LogP contribution < -0.4 is 0 Å². The first-order valence-corrected chi connectivity index (χ1v) is 18.7. The molecule has 1 saturated heterocycles. The summed E-state index contributed by atoms with van der Waals surface area (Å²) in [7, 11) is -1.39. The molecule has 0 radical (unpaired) electrons. The average Bonchev–Trinajstić information content (AvgIpc) is 2.43. The molecule has 0 N–H and O–H groups in total. The summed E-state index contributed by atoms with van der Waals surface area (Å²) in [6.07, 6.45) is 0.153. The van der Waals surface area contributed by atoms with E-state index in [0.29, 0.717) is 15.8 Å². The van der Waals surface area contributed by atoms with Crippen LogP contribution in [0.25, 0.3) is 0 Å². The Labute approximate surface area is 165 Å². The minimum atomic E-state index is -2.48.